The van der Waals surface area contributed by atoms with Crippen LogP contribution < -0.4 is 15.6 Å². The van der Waals surface area contributed by atoms with Crippen LogP contribution in [0, 0.1) is 3.57 Å². The number of nitrogens with zero attached hydrogens (tertiary/aromatic N) is 2. The van der Waals surface area contributed by atoms with Crippen LogP contribution in [0.1, 0.15) is 12.1 Å². The van der Waals surface area contributed by atoms with Crippen LogP contribution in [0.25, 0.3) is 0 Å². The minimum atomic E-state index is -0.871. The van der Waals surface area contributed by atoms with Crippen molar-refractivity contribution in [3.8, 4) is 0 Å². The Morgan fingerprint density at radius 3 is 2.77 bits per heavy atom. The number of aromatic nitrogens is 2. The highest BCUT2D eigenvalue weighted by Gasteiger charge is 2.34. The van der Waals surface area contributed by atoms with Crippen molar-refractivity contribution in [2.75, 3.05) is 18.5 Å². The summed E-state index contributed by atoms with van der Waals surface area (Å²) in [6.45, 7) is 0.741. The standard InChI is InChI=1S/C16H17IN4O5/c1-20-12(16(24)26-19-20)9-21-6-7-25-13(15(21)23)8-14(22)18-11-4-2-10(17)3-5-11/h2-5,13H,6-9H2,1H3,(H-,18,19,22,24)/p+1. The van der Waals surface area contributed by atoms with Gasteiger partial charge in [0.05, 0.1) is 13.0 Å². The normalized spacial score (nSPS) is 17.4. The molecule has 1 aromatic heterocycles. The van der Waals surface area contributed by atoms with Gasteiger partial charge in [0.15, 0.2) is 7.05 Å². The van der Waals surface area contributed by atoms with Crippen molar-refractivity contribution in [3.63, 3.8) is 0 Å². The molecule has 1 aromatic carbocycles. The second-order valence-corrected chi connectivity index (χ2v) is 7.11. The lowest BCUT2D eigenvalue weighted by molar-refractivity contribution is -0.746. The molecule has 1 fully saturated rings. The molecule has 1 atom stereocenters. The summed E-state index contributed by atoms with van der Waals surface area (Å²) in [5.41, 5.74) is 0.453. The highest BCUT2D eigenvalue weighted by atomic mass is 127. The molecule has 1 saturated heterocycles. The SMILES string of the molecule is C[n+]1[nH]oc(=O)c1CN1CCOC(CC(=O)Nc2ccc(I)cc2)C1=O. The Labute approximate surface area is 162 Å². The predicted octanol–water partition coefficient (Wildman–Crippen LogP) is 0.153. The van der Waals surface area contributed by atoms with E-state index >= 15 is 0 Å². The van der Waals surface area contributed by atoms with Crippen LogP contribution in [0.4, 0.5) is 5.69 Å². The number of amides is 2. The molecule has 0 spiro atoms. The maximum Gasteiger partial charge on any atom is 0.431 e. The molecular weight excluding hydrogens is 455 g/mol. The lowest BCUT2D eigenvalue weighted by Gasteiger charge is -2.30. The summed E-state index contributed by atoms with van der Waals surface area (Å²) in [7, 11) is 1.62. The van der Waals surface area contributed by atoms with Gasteiger partial charge in [-0.1, -0.05) is 4.68 Å². The number of nitrogens with one attached hydrogen (secondary N) is 2. The summed E-state index contributed by atoms with van der Waals surface area (Å²) in [4.78, 5) is 37.9. The number of halogens is 1. The number of morpholine rings is 1. The molecule has 2 heterocycles. The number of H-pyrrole nitrogens is 1. The first-order chi connectivity index (χ1) is 12.4. The van der Waals surface area contributed by atoms with Gasteiger partial charge in [-0.05, 0) is 52.1 Å². The topological polar surface area (TPSA) is 109 Å². The Kier molecular flexibility index (Phi) is 5.71. The van der Waals surface area contributed by atoms with Crippen LogP contribution in [0.5, 0.6) is 0 Å². The zero-order chi connectivity index (χ0) is 18.7. The lowest BCUT2D eigenvalue weighted by atomic mass is 10.1. The van der Waals surface area contributed by atoms with Crippen molar-refractivity contribution < 1.29 is 23.5 Å². The fourth-order valence-corrected chi connectivity index (χ4v) is 2.98. The van der Waals surface area contributed by atoms with Gasteiger partial charge < -0.3 is 15.0 Å². The number of hydrogen-bond donors (Lipinski definition) is 2. The fraction of sp³-hybridized carbons (Fsp3) is 0.375. The average molecular weight is 473 g/mol. The minimum absolute atomic E-state index is 0.0881. The van der Waals surface area contributed by atoms with Crippen LogP contribution in [0.3, 0.4) is 0 Å². The van der Waals surface area contributed by atoms with E-state index in [2.05, 4.69) is 37.7 Å². The van der Waals surface area contributed by atoms with Crippen molar-refractivity contribution in [2.45, 2.75) is 19.1 Å². The maximum atomic E-state index is 12.6. The molecule has 0 aliphatic carbocycles. The molecule has 9 nitrogen and oxygen atoms in total. The smallest absolute Gasteiger partial charge is 0.366 e. The molecule has 1 unspecified atom stereocenters. The summed E-state index contributed by atoms with van der Waals surface area (Å²) in [6.07, 6.45) is -0.960. The molecule has 26 heavy (non-hydrogen) atoms. The van der Waals surface area contributed by atoms with Crippen LogP contribution in [-0.2, 0) is 27.9 Å². The summed E-state index contributed by atoms with van der Waals surface area (Å²) in [5, 5.41) is 5.16. The molecule has 3 rings (SSSR count). The zero-order valence-corrected chi connectivity index (χ0v) is 16.2. The summed E-state index contributed by atoms with van der Waals surface area (Å²) >= 11 is 2.18. The predicted molar refractivity (Wildman–Crippen MR) is 98.1 cm³/mol. The molecular formula is C16H18IN4O5+. The van der Waals surface area contributed by atoms with Gasteiger partial charge in [0.1, 0.15) is 12.6 Å². The van der Waals surface area contributed by atoms with E-state index in [1.165, 1.54) is 9.58 Å². The van der Waals surface area contributed by atoms with Gasteiger partial charge in [-0.3, -0.25) is 14.1 Å². The van der Waals surface area contributed by atoms with E-state index < -0.39 is 11.7 Å². The molecule has 0 saturated carbocycles. The number of ether oxygens (including phenoxy) is 1. The number of aryl methyl sites for hydroxylation is 1. The second-order valence-electron chi connectivity index (χ2n) is 5.86. The van der Waals surface area contributed by atoms with Crippen LogP contribution in [-0.4, -0.2) is 41.2 Å². The highest BCUT2D eigenvalue weighted by molar-refractivity contribution is 14.1. The Hall–Kier alpha value is -2.21. The molecule has 2 N–H and O–H groups in total. The number of anilines is 1. The van der Waals surface area contributed by atoms with Crippen molar-refractivity contribution in [3.05, 3.63) is 43.9 Å². The largest absolute Gasteiger partial charge is 0.431 e. The first kappa shape index (κ1) is 18.6. The molecule has 0 radical (unpaired) electrons. The first-order valence-electron chi connectivity index (χ1n) is 7.96. The van der Waals surface area contributed by atoms with Crippen LogP contribution >= 0.6 is 22.6 Å². The van der Waals surface area contributed by atoms with Gasteiger partial charge in [0.2, 0.25) is 5.91 Å². The highest BCUT2D eigenvalue weighted by Crippen LogP contribution is 2.15. The van der Waals surface area contributed by atoms with Crippen molar-refractivity contribution in [1.29, 1.82) is 0 Å². The van der Waals surface area contributed by atoms with Gasteiger partial charge in [-0.25, -0.2) is 4.79 Å². The van der Waals surface area contributed by atoms with Crippen LogP contribution in [0.15, 0.2) is 33.6 Å². The van der Waals surface area contributed by atoms with Gasteiger partial charge in [-0.15, -0.1) is 0 Å². The van der Waals surface area contributed by atoms with Gasteiger partial charge in [0.25, 0.3) is 5.91 Å². The molecule has 1 aliphatic heterocycles. The Balaban J connectivity index is 1.61. The van der Waals surface area contributed by atoms with Crippen LogP contribution in [0.2, 0.25) is 0 Å². The molecule has 2 amide bonds. The molecule has 10 heteroatoms. The first-order valence-corrected chi connectivity index (χ1v) is 9.04. The molecule has 2 aromatic rings. The maximum absolute atomic E-state index is 12.6. The number of carbonyl (C=O) groups excluding carboxylic acids is 2. The van der Waals surface area contributed by atoms with E-state index in [-0.39, 0.29) is 24.8 Å². The average Bonchev–Trinajstić information content (AvgIpc) is 2.92. The van der Waals surface area contributed by atoms with Gasteiger partial charge in [-0.2, -0.15) is 0 Å². The third-order valence-corrected chi connectivity index (χ3v) is 4.74. The Morgan fingerprint density at radius 1 is 1.38 bits per heavy atom. The Bertz CT molecular complexity index is 860. The van der Waals surface area contributed by atoms with Crippen molar-refractivity contribution in [1.82, 2.24) is 10.2 Å². The van der Waals surface area contributed by atoms with E-state index in [9.17, 15) is 14.4 Å². The number of hydrogen-bond acceptors (Lipinski definition) is 5. The summed E-state index contributed by atoms with van der Waals surface area (Å²) < 4.78 is 12.6. The third kappa shape index (κ3) is 4.30. The number of benzene rings is 1. The third-order valence-electron chi connectivity index (χ3n) is 4.02. The summed E-state index contributed by atoms with van der Waals surface area (Å²) in [5.74, 6) is -0.632. The summed E-state index contributed by atoms with van der Waals surface area (Å²) in [6, 6.07) is 7.34. The lowest BCUT2D eigenvalue weighted by Crippen LogP contribution is -2.50. The van der Waals surface area contributed by atoms with Crippen molar-refractivity contribution >= 4 is 40.1 Å². The van der Waals surface area contributed by atoms with Gasteiger partial charge >= 0.3 is 11.3 Å². The van der Waals surface area contributed by atoms with E-state index in [1.807, 2.05) is 12.1 Å². The number of aromatic amines is 1. The number of rotatable bonds is 5. The molecule has 0 bridgehead atoms. The Morgan fingerprint density at radius 2 is 2.12 bits per heavy atom. The molecule has 138 valence electrons. The second kappa shape index (κ2) is 7.99. The van der Waals surface area contributed by atoms with Crippen molar-refractivity contribution in [2.24, 2.45) is 7.05 Å². The monoisotopic (exact) mass is 473 g/mol. The molecule has 1 aliphatic rings. The van der Waals surface area contributed by atoms with E-state index in [4.69, 9.17) is 4.74 Å². The number of carbonyl (C=O) groups is 2. The van der Waals surface area contributed by atoms with Gasteiger partial charge in [0, 0.05) is 15.8 Å². The minimum Gasteiger partial charge on any atom is -0.366 e. The fourth-order valence-electron chi connectivity index (χ4n) is 2.62. The van der Waals surface area contributed by atoms with E-state index in [1.54, 1.807) is 19.2 Å². The quantitative estimate of drug-likeness (QED) is 0.475. The zero-order valence-electron chi connectivity index (χ0n) is 14.0. The van der Waals surface area contributed by atoms with E-state index in [0.717, 1.165) is 3.57 Å². The van der Waals surface area contributed by atoms with E-state index in [0.29, 0.717) is 24.5 Å².